The average Bonchev–Trinajstić information content (AvgIpc) is 3.30. The van der Waals surface area contributed by atoms with Crippen LogP contribution in [0.25, 0.3) is 11.0 Å². The molecule has 2 aromatic heterocycles. The van der Waals surface area contributed by atoms with Crippen molar-refractivity contribution in [3.63, 3.8) is 0 Å². The van der Waals surface area contributed by atoms with E-state index < -0.39 is 9.84 Å². The molecule has 0 bridgehead atoms. The molecule has 148 valence electrons. The molecule has 5 nitrogen and oxygen atoms in total. The molecule has 28 heavy (non-hydrogen) atoms. The van der Waals surface area contributed by atoms with Gasteiger partial charge in [-0.1, -0.05) is 12.1 Å². The number of thiophene rings is 1. The number of rotatable bonds is 4. The number of aryl methyl sites for hydroxylation is 3. The third kappa shape index (κ3) is 3.49. The van der Waals surface area contributed by atoms with Crippen LogP contribution in [0.5, 0.6) is 0 Å². The molecule has 7 heteroatoms. The van der Waals surface area contributed by atoms with Gasteiger partial charge >= 0.3 is 0 Å². The van der Waals surface area contributed by atoms with Crippen LogP contribution in [-0.4, -0.2) is 36.8 Å². The maximum atomic E-state index is 13.5. The molecule has 0 spiro atoms. The average molecular weight is 418 g/mol. The van der Waals surface area contributed by atoms with Crippen LogP contribution in [0, 0.1) is 20.8 Å². The van der Waals surface area contributed by atoms with Crippen molar-refractivity contribution in [2.24, 2.45) is 0 Å². The summed E-state index contributed by atoms with van der Waals surface area (Å²) in [4.78, 5) is 16.3. The van der Waals surface area contributed by atoms with Gasteiger partial charge in [0.2, 0.25) is 0 Å². The second-order valence-corrected chi connectivity index (χ2v) is 10.8. The summed E-state index contributed by atoms with van der Waals surface area (Å²) in [5.74, 6) is 0.213. The fraction of sp³-hybridized carbons (Fsp3) is 0.381. The molecular weight excluding hydrogens is 394 g/mol. The molecule has 0 N–H and O–H groups in total. The lowest BCUT2D eigenvalue weighted by Gasteiger charge is -2.27. The zero-order chi connectivity index (χ0) is 20.1. The molecule has 1 aliphatic rings. The fourth-order valence-electron chi connectivity index (χ4n) is 3.78. The first-order chi connectivity index (χ1) is 13.2. The first-order valence-electron chi connectivity index (χ1n) is 9.29. The predicted molar refractivity (Wildman–Crippen MR) is 112 cm³/mol. The first-order valence-corrected chi connectivity index (χ1v) is 12.0. The van der Waals surface area contributed by atoms with Crippen molar-refractivity contribution in [3.05, 3.63) is 57.0 Å². The predicted octanol–water partition coefficient (Wildman–Crippen LogP) is 4.25. The molecule has 1 aromatic carbocycles. The molecule has 0 unspecified atom stereocenters. The van der Waals surface area contributed by atoms with Crippen LogP contribution in [0.2, 0.25) is 0 Å². The van der Waals surface area contributed by atoms with Crippen molar-refractivity contribution in [2.75, 3.05) is 11.5 Å². The summed E-state index contributed by atoms with van der Waals surface area (Å²) in [6.45, 7) is 6.27. The Morgan fingerprint density at radius 1 is 1.25 bits per heavy atom. The Labute approximate surface area is 168 Å². The van der Waals surface area contributed by atoms with E-state index in [-0.39, 0.29) is 23.5 Å². The van der Waals surface area contributed by atoms with Crippen molar-refractivity contribution in [1.82, 2.24) is 4.90 Å². The summed E-state index contributed by atoms with van der Waals surface area (Å²) in [6, 6.07) is 7.58. The zero-order valence-electron chi connectivity index (χ0n) is 16.2. The third-order valence-electron chi connectivity index (χ3n) is 5.48. The van der Waals surface area contributed by atoms with E-state index in [1.807, 2.05) is 50.4 Å². The summed E-state index contributed by atoms with van der Waals surface area (Å²) in [5.41, 5.74) is 3.66. The maximum Gasteiger partial charge on any atom is 0.290 e. The minimum atomic E-state index is -3.11. The van der Waals surface area contributed by atoms with Crippen molar-refractivity contribution < 1.29 is 17.6 Å². The molecule has 1 aliphatic heterocycles. The van der Waals surface area contributed by atoms with Crippen LogP contribution in [-0.2, 0) is 16.4 Å². The molecule has 3 aromatic rings. The van der Waals surface area contributed by atoms with Crippen LogP contribution < -0.4 is 0 Å². The van der Waals surface area contributed by atoms with E-state index in [4.69, 9.17) is 4.42 Å². The smallest absolute Gasteiger partial charge is 0.290 e. The Hall–Kier alpha value is -2.12. The number of carbonyl (C=O) groups is 1. The van der Waals surface area contributed by atoms with Gasteiger partial charge in [-0.3, -0.25) is 4.79 Å². The van der Waals surface area contributed by atoms with Crippen LogP contribution in [0.4, 0.5) is 0 Å². The summed E-state index contributed by atoms with van der Waals surface area (Å²) in [7, 11) is -3.11. The van der Waals surface area contributed by atoms with E-state index in [1.165, 1.54) is 0 Å². The molecule has 1 atom stereocenters. The first kappa shape index (κ1) is 19.2. The number of carbonyl (C=O) groups excluding carboxylic acids is 1. The van der Waals surface area contributed by atoms with Gasteiger partial charge in [-0.2, -0.15) is 0 Å². The highest BCUT2D eigenvalue weighted by Crippen LogP contribution is 2.30. The summed E-state index contributed by atoms with van der Waals surface area (Å²) in [5, 5.41) is 2.91. The van der Waals surface area contributed by atoms with Crippen molar-refractivity contribution >= 4 is 38.1 Å². The van der Waals surface area contributed by atoms with Gasteiger partial charge in [0.05, 0.1) is 18.1 Å². The van der Waals surface area contributed by atoms with E-state index in [1.54, 1.807) is 16.2 Å². The number of furan rings is 1. The van der Waals surface area contributed by atoms with Gasteiger partial charge in [-0.05, 0) is 55.8 Å². The van der Waals surface area contributed by atoms with E-state index >= 15 is 0 Å². The molecule has 0 radical (unpaired) electrons. The zero-order valence-corrected chi connectivity index (χ0v) is 17.8. The van der Waals surface area contributed by atoms with Crippen molar-refractivity contribution in [2.45, 2.75) is 39.8 Å². The highest BCUT2D eigenvalue weighted by Gasteiger charge is 2.37. The molecule has 0 saturated carbocycles. The van der Waals surface area contributed by atoms with Crippen LogP contribution in [0.15, 0.2) is 34.1 Å². The number of hydrogen-bond donors (Lipinski definition) is 0. The fourth-order valence-corrected chi connectivity index (χ4v) is 6.41. The van der Waals surface area contributed by atoms with Gasteiger partial charge in [0.15, 0.2) is 15.6 Å². The molecule has 1 amide bonds. The Kier molecular flexibility index (Phi) is 4.83. The molecule has 1 fully saturated rings. The van der Waals surface area contributed by atoms with E-state index in [0.29, 0.717) is 24.3 Å². The van der Waals surface area contributed by atoms with Gasteiger partial charge in [0.1, 0.15) is 5.58 Å². The third-order valence-corrected chi connectivity index (χ3v) is 8.24. The van der Waals surface area contributed by atoms with Crippen molar-refractivity contribution in [1.29, 1.82) is 0 Å². The monoisotopic (exact) mass is 417 g/mol. The van der Waals surface area contributed by atoms with Crippen molar-refractivity contribution in [3.8, 4) is 0 Å². The Balaban J connectivity index is 1.74. The normalized spacial score (nSPS) is 18.6. The second-order valence-electron chi connectivity index (χ2n) is 7.57. The van der Waals surface area contributed by atoms with Gasteiger partial charge in [0.25, 0.3) is 5.91 Å². The summed E-state index contributed by atoms with van der Waals surface area (Å²) >= 11 is 1.59. The minimum Gasteiger partial charge on any atom is -0.451 e. The number of nitrogens with zero attached hydrogens (tertiary/aromatic N) is 1. The lowest BCUT2D eigenvalue weighted by Crippen LogP contribution is -2.40. The molecule has 4 rings (SSSR count). The Bertz CT molecular complexity index is 1160. The van der Waals surface area contributed by atoms with Gasteiger partial charge in [0, 0.05) is 21.9 Å². The van der Waals surface area contributed by atoms with E-state index in [2.05, 4.69) is 0 Å². The highest BCUT2D eigenvalue weighted by molar-refractivity contribution is 7.91. The minimum absolute atomic E-state index is 0.0154. The SMILES string of the molecule is Cc1ccc2c(C)c(C(=O)N(Cc3sccc3C)[C@H]3CCS(=O)(=O)C3)oc2c1. The van der Waals surface area contributed by atoms with E-state index in [0.717, 1.165) is 27.0 Å². The Morgan fingerprint density at radius 3 is 2.68 bits per heavy atom. The topological polar surface area (TPSA) is 67.6 Å². The quantitative estimate of drug-likeness (QED) is 0.636. The standard InChI is InChI=1S/C21H23NO4S2/c1-13-4-5-17-15(3)20(26-18(17)10-13)21(23)22(11-19-14(2)6-8-27-19)16-7-9-28(24,25)12-16/h4-6,8,10,16H,7,9,11-12H2,1-3H3/t16-/m0/s1. The maximum absolute atomic E-state index is 13.5. The number of benzene rings is 1. The number of amides is 1. The van der Waals surface area contributed by atoms with Gasteiger partial charge in [-0.25, -0.2) is 8.42 Å². The number of hydrogen-bond acceptors (Lipinski definition) is 5. The molecule has 3 heterocycles. The highest BCUT2D eigenvalue weighted by atomic mass is 32.2. The van der Waals surface area contributed by atoms with Gasteiger partial charge < -0.3 is 9.32 Å². The second kappa shape index (κ2) is 7.04. The van der Waals surface area contributed by atoms with Gasteiger partial charge in [-0.15, -0.1) is 11.3 Å². The number of sulfone groups is 1. The van der Waals surface area contributed by atoms with Crippen LogP contribution >= 0.6 is 11.3 Å². The summed E-state index contributed by atoms with van der Waals surface area (Å²) < 4.78 is 30.1. The largest absolute Gasteiger partial charge is 0.451 e. The lowest BCUT2D eigenvalue weighted by atomic mass is 10.1. The lowest BCUT2D eigenvalue weighted by molar-refractivity contribution is 0.0651. The molecular formula is C21H23NO4S2. The van der Waals surface area contributed by atoms with Crippen LogP contribution in [0.3, 0.4) is 0 Å². The number of fused-ring (bicyclic) bond motifs is 1. The van der Waals surface area contributed by atoms with E-state index in [9.17, 15) is 13.2 Å². The molecule has 0 aliphatic carbocycles. The summed E-state index contributed by atoms with van der Waals surface area (Å²) in [6.07, 6.45) is 0.469. The molecule has 1 saturated heterocycles. The van der Waals surface area contributed by atoms with Crippen LogP contribution in [0.1, 0.15) is 38.5 Å². The Morgan fingerprint density at radius 2 is 2.04 bits per heavy atom.